The molecule has 1 N–H and O–H groups in total. The highest BCUT2D eigenvalue weighted by molar-refractivity contribution is 5.20. The molecular weight excluding hydrogens is 244 g/mol. The molecule has 19 heavy (non-hydrogen) atoms. The summed E-state index contributed by atoms with van der Waals surface area (Å²) in [6, 6.07) is 9.61. The number of nitrogens with one attached hydrogen (secondary N) is 1. The highest BCUT2D eigenvalue weighted by Gasteiger charge is 2.04. The SMILES string of the molecule is CCNCc1coc(OCCOc2ccccc2)n1. The lowest BCUT2D eigenvalue weighted by atomic mass is 10.3. The monoisotopic (exact) mass is 262 g/mol. The molecule has 0 amide bonds. The fourth-order valence-electron chi connectivity index (χ4n) is 1.49. The molecule has 102 valence electrons. The first kappa shape index (κ1) is 13.4. The van der Waals surface area contributed by atoms with E-state index in [1.807, 2.05) is 37.3 Å². The molecule has 5 nitrogen and oxygen atoms in total. The Morgan fingerprint density at radius 3 is 2.74 bits per heavy atom. The van der Waals surface area contributed by atoms with Gasteiger partial charge in [0.2, 0.25) is 0 Å². The Bertz CT molecular complexity index is 471. The fraction of sp³-hybridized carbons (Fsp3) is 0.357. The van der Waals surface area contributed by atoms with Gasteiger partial charge in [-0.25, -0.2) is 0 Å². The van der Waals surface area contributed by atoms with Crippen LogP contribution < -0.4 is 14.8 Å². The minimum atomic E-state index is 0.282. The lowest BCUT2D eigenvalue weighted by molar-refractivity contribution is 0.176. The van der Waals surface area contributed by atoms with Gasteiger partial charge in [0, 0.05) is 6.54 Å². The molecule has 0 aliphatic carbocycles. The summed E-state index contributed by atoms with van der Waals surface area (Å²) < 4.78 is 16.0. The molecule has 2 aromatic rings. The largest absolute Gasteiger partial charge is 0.490 e. The van der Waals surface area contributed by atoms with E-state index < -0.39 is 0 Å². The lowest BCUT2D eigenvalue weighted by Gasteiger charge is -2.05. The van der Waals surface area contributed by atoms with Crippen molar-refractivity contribution in [2.24, 2.45) is 0 Å². The molecule has 2 rings (SSSR count). The van der Waals surface area contributed by atoms with Gasteiger partial charge in [-0.15, -0.1) is 0 Å². The van der Waals surface area contributed by atoms with Crippen molar-refractivity contribution in [1.82, 2.24) is 10.3 Å². The zero-order valence-electron chi connectivity index (χ0n) is 11.0. The van der Waals surface area contributed by atoms with Gasteiger partial charge in [-0.05, 0) is 18.7 Å². The van der Waals surface area contributed by atoms with Gasteiger partial charge in [0.25, 0.3) is 0 Å². The average molecular weight is 262 g/mol. The second-order valence-corrected chi connectivity index (χ2v) is 3.90. The second-order valence-electron chi connectivity index (χ2n) is 3.90. The van der Waals surface area contributed by atoms with Crippen molar-refractivity contribution in [3.63, 3.8) is 0 Å². The van der Waals surface area contributed by atoms with Crippen LogP contribution in [0.1, 0.15) is 12.6 Å². The number of aromatic nitrogens is 1. The summed E-state index contributed by atoms with van der Waals surface area (Å²) in [5.74, 6) is 0.825. The zero-order valence-corrected chi connectivity index (χ0v) is 11.0. The van der Waals surface area contributed by atoms with Crippen LogP contribution in [0.2, 0.25) is 0 Å². The lowest BCUT2D eigenvalue weighted by Crippen LogP contribution is -2.12. The predicted molar refractivity (Wildman–Crippen MR) is 71.3 cm³/mol. The number of ether oxygens (including phenoxy) is 2. The molecule has 0 bridgehead atoms. The summed E-state index contributed by atoms with van der Waals surface area (Å²) in [6.45, 7) is 4.47. The normalized spacial score (nSPS) is 10.4. The third-order valence-electron chi connectivity index (χ3n) is 2.41. The van der Waals surface area contributed by atoms with E-state index in [-0.39, 0.29) is 6.08 Å². The molecule has 0 saturated heterocycles. The van der Waals surface area contributed by atoms with Crippen LogP contribution in [0.25, 0.3) is 0 Å². The summed E-state index contributed by atoms with van der Waals surface area (Å²) in [5, 5.41) is 3.16. The smallest absolute Gasteiger partial charge is 0.393 e. The summed E-state index contributed by atoms with van der Waals surface area (Å²) in [6.07, 6.45) is 1.88. The molecule has 0 atom stereocenters. The van der Waals surface area contributed by atoms with Crippen LogP contribution in [0.4, 0.5) is 0 Å². The van der Waals surface area contributed by atoms with E-state index in [2.05, 4.69) is 10.3 Å². The van der Waals surface area contributed by atoms with Crippen LogP contribution in [-0.4, -0.2) is 24.7 Å². The second kappa shape index (κ2) is 7.43. The molecular formula is C14H18N2O3. The number of nitrogens with zero attached hydrogens (tertiary/aromatic N) is 1. The first-order valence-electron chi connectivity index (χ1n) is 6.34. The van der Waals surface area contributed by atoms with Crippen molar-refractivity contribution < 1.29 is 13.9 Å². The van der Waals surface area contributed by atoms with Crippen LogP contribution in [-0.2, 0) is 6.54 Å². The minimum absolute atomic E-state index is 0.282. The molecule has 1 heterocycles. The van der Waals surface area contributed by atoms with Crippen LogP contribution in [0.15, 0.2) is 41.0 Å². The highest BCUT2D eigenvalue weighted by atomic mass is 16.6. The van der Waals surface area contributed by atoms with Gasteiger partial charge in [-0.2, -0.15) is 4.98 Å². The zero-order chi connectivity index (χ0) is 13.3. The molecule has 0 aliphatic heterocycles. The number of para-hydroxylation sites is 1. The van der Waals surface area contributed by atoms with E-state index in [0.29, 0.717) is 19.8 Å². The molecule has 0 aliphatic rings. The molecule has 5 heteroatoms. The molecule has 0 saturated carbocycles. The maximum atomic E-state index is 5.49. The highest BCUT2D eigenvalue weighted by Crippen LogP contribution is 2.11. The number of hydrogen-bond acceptors (Lipinski definition) is 5. The van der Waals surface area contributed by atoms with E-state index in [9.17, 15) is 0 Å². The molecule has 0 fully saturated rings. The van der Waals surface area contributed by atoms with E-state index >= 15 is 0 Å². The molecule has 0 spiro atoms. The summed E-state index contributed by atoms with van der Waals surface area (Å²) in [4.78, 5) is 4.19. The maximum Gasteiger partial charge on any atom is 0.393 e. The Kier molecular flexibility index (Phi) is 5.25. The number of rotatable bonds is 8. The third kappa shape index (κ3) is 4.63. The predicted octanol–water partition coefficient (Wildman–Crippen LogP) is 2.24. The van der Waals surface area contributed by atoms with Gasteiger partial charge < -0.3 is 19.2 Å². The van der Waals surface area contributed by atoms with Crippen LogP contribution in [0.5, 0.6) is 11.8 Å². The van der Waals surface area contributed by atoms with Gasteiger partial charge in [-0.3, -0.25) is 0 Å². The molecule has 0 unspecified atom stereocenters. The summed E-state index contributed by atoms with van der Waals surface area (Å²) >= 11 is 0. The molecule has 1 aromatic heterocycles. The summed E-state index contributed by atoms with van der Waals surface area (Å²) in [5.41, 5.74) is 0.834. The minimum Gasteiger partial charge on any atom is -0.490 e. The van der Waals surface area contributed by atoms with Crippen LogP contribution >= 0.6 is 0 Å². The summed E-state index contributed by atoms with van der Waals surface area (Å²) in [7, 11) is 0. The first-order valence-corrected chi connectivity index (χ1v) is 6.34. The van der Waals surface area contributed by atoms with Crippen molar-refractivity contribution in [3.05, 3.63) is 42.3 Å². The van der Waals surface area contributed by atoms with Gasteiger partial charge in [0.05, 0.1) is 5.69 Å². The van der Waals surface area contributed by atoms with E-state index in [1.54, 1.807) is 6.26 Å². The van der Waals surface area contributed by atoms with Gasteiger partial charge in [0.1, 0.15) is 25.2 Å². The van der Waals surface area contributed by atoms with Crippen molar-refractivity contribution >= 4 is 0 Å². The van der Waals surface area contributed by atoms with Gasteiger partial charge in [-0.1, -0.05) is 25.1 Å². The Hall–Kier alpha value is -2.01. The molecule has 1 aromatic carbocycles. The number of oxazole rings is 1. The van der Waals surface area contributed by atoms with Gasteiger partial charge >= 0.3 is 6.08 Å². The average Bonchev–Trinajstić information content (AvgIpc) is 2.90. The quantitative estimate of drug-likeness (QED) is 0.739. The standard InChI is InChI=1S/C14H18N2O3/c1-2-15-10-12-11-19-14(16-12)18-9-8-17-13-6-4-3-5-7-13/h3-7,11,15H,2,8-10H2,1H3. The fourth-order valence-corrected chi connectivity index (χ4v) is 1.49. The first-order chi connectivity index (χ1) is 9.38. The molecule has 0 radical (unpaired) electrons. The van der Waals surface area contributed by atoms with Gasteiger partial charge in [0.15, 0.2) is 0 Å². The number of hydrogen-bond donors (Lipinski definition) is 1. The van der Waals surface area contributed by atoms with Crippen molar-refractivity contribution in [2.75, 3.05) is 19.8 Å². The topological polar surface area (TPSA) is 56.5 Å². The van der Waals surface area contributed by atoms with E-state index in [1.165, 1.54) is 0 Å². The Balaban J connectivity index is 1.66. The van der Waals surface area contributed by atoms with Crippen LogP contribution in [0, 0.1) is 0 Å². The Labute approximate surface area is 112 Å². The van der Waals surface area contributed by atoms with E-state index in [4.69, 9.17) is 13.9 Å². The third-order valence-corrected chi connectivity index (χ3v) is 2.41. The van der Waals surface area contributed by atoms with E-state index in [0.717, 1.165) is 18.0 Å². The van der Waals surface area contributed by atoms with Crippen LogP contribution in [0.3, 0.4) is 0 Å². The maximum absolute atomic E-state index is 5.49. The number of benzene rings is 1. The van der Waals surface area contributed by atoms with Crippen molar-refractivity contribution in [1.29, 1.82) is 0 Å². The Morgan fingerprint density at radius 2 is 1.95 bits per heavy atom. The Morgan fingerprint density at radius 1 is 1.16 bits per heavy atom. The van der Waals surface area contributed by atoms with Crippen molar-refractivity contribution in [3.8, 4) is 11.8 Å². The van der Waals surface area contributed by atoms with Crippen molar-refractivity contribution in [2.45, 2.75) is 13.5 Å².